The lowest BCUT2D eigenvalue weighted by atomic mass is 10.2. The first-order valence-corrected chi connectivity index (χ1v) is 11.0. The summed E-state index contributed by atoms with van der Waals surface area (Å²) in [6.45, 7) is 0. The third-order valence-corrected chi connectivity index (χ3v) is 6.40. The first kappa shape index (κ1) is 20.2. The minimum atomic E-state index is -4.08. The van der Waals surface area contributed by atoms with Crippen LogP contribution in [-0.4, -0.2) is 18.4 Å². The Bertz CT molecular complexity index is 1410. The number of rotatable bonds is 3. The van der Waals surface area contributed by atoms with E-state index in [4.69, 9.17) is 23.2 Å². The fourth-order valence-corrected chi connectivity index (χ4v) is 4.82. The number of aromatic nitrogens is 2. The molecule has 148 valence electrons. The molecule has 4 aromatic rings. The van der Waals surface area contributed by atoms with Gasteiger partial charge < -0.3 is 0 Å². The van der Waals surface area contributed by atoms with Crippen LogP contribution in [0.2, 0.25) is 10.0 Å². The summed E-state index contributed by atoms with van der Waals surface area (Å²) in [6, 6.07) is 15.2. The molecule has 30 heavy (non-hydrogen) atoms. The summed E-state index contributed by atoms with van der Waals surface area (Å²) >= 11 is 12.4. The lowest BCUT2D eigenvalue weighted by Gasteiger charge is -2.13. The van der Waals surface area contributed by atoms with Crippen molar-refractivity contribution in [3.63, 3.8) is 0 Å². The van der Waals surface area contributed by atoms with Gasteiger partial charge in [0.15, 0.2) is 0 Å². The summed E-state index contributed by atoms with van der Waals surface area (Å²) < 4.78 is 29.1. The van der Waals surface area contributed by atoms with E-state index in [-0.39, 0.29) is 15.4 Å². The summed E-state index contributed by atoms with van der Waals surface area (Å²) in [5, 5.41) is 0.924. The molecule has 0 bridgehead atoms. The van der Waals surface area contributed by atoms with Crippen LogP contribution in [0, 0.1) is 11.8 Å². The number of nitrogens with zero attached hydrogens (tertiary/aromatic N) is 2. The molecule has 0 unspecified atom stereocenters. The molecule has 0 fully saturated rings. The van der Waals surface area contributed by atoms with Crippen LogP contribution in [0.5, 0.6) is 0 Å². The highest BCUT2D eigenvalue weighted by atomic mass is 35.5. The van der Waals surface area contributed by atoms with E-state index < -0.39 is 10.0 Å². The van der Waals surface area contributed by atoms with Gasteiger partial charge >= 0.3 is 0 Å². The van der Waals surface area contributed by atoms with Gasteiger partial charge in [0.05, 0.1) is 21.2 Å². The molecule has 1 N–H and O–H groups in total. The highest BCUT2D eigenvalue weighted by molar-refractivity contribution is 7.93. The maximum Gasteiger partial charge on any atom is 0.265 e. The molecule has 0 atom stereocenters. The Morgan fingerprint density at radius 2 is 1.70 bits per heavy atom. The van der Waals surface area contributed by atoms with Gasteiger partial charge in [0.2, 0.25) is 0 Å². The summed E-state index contributed by atoms with van der Waals surface area (Å²) in [5.41, 5.74) is 1.74. The molecule has 8 heteroatoms. The zero-order valence-electron chi connectivity index (χ0n) is 15.3. The number of sulfonamides is 1. The predicted molar refractivity (Wildman–Crippen MR) is 119 cm³/mol. The van der Waals surface area contributed by atoms with Gasteiger partial charge in [0.25, 0.3) is 10.0 Å². The van der Waals surface area contributed by atoms with Crippen molar-refractivity contribution in [2.45, 2.75) is 4.90 Å². The average molecular weight is 454 g/mol. The van der Waals surface area contributed by atoms with Crippen LogP contribution in [0.4, 0.5) is 5.69 Å². The molecule has 5 nitrogen and oxygen atoms in total. The number of benzene rings is 2. The molecule has 0 aliphatic carbocycles. The average Bonchev–Trinajstić information content (AvgIpc) is 2.73. The van der Waals surface area contributed by atoms with E-state index in [0.717, 1.165) is 0 Å². The van der Waals surface area contributed by atoms with Crippen LogP contribution in [0.25, 0.3) is 10.9 Å². The van der Waals surface area contributed by atoms with Crippen LogP contribution in [-0.2, 0) is 10.0 Å². The maximum atomic E-state index is 13.2. The van der Waals surface area contributed by atoms with Gasteiger partial charge in [-0.15, -0.1) is 0 Å². The lowest BCUT2D eigenvalue weighted by molar-refractivity contribution is 0.602. The summed E-state index contributed by atoms with van der Waals surface area (Å²) in [6.07, 6.45) is 4.72. The Kier molecular flexibility index (Phi) is 5.60. The molecule has 4 rings (SSSR count). The normalized spacial score (nSPS) is 11.0. The summed E-state index contributed by atoms with van der Waals surface area (Å²) in [4.78, 5) is 8.06. The van der Waals surface area contributed by atoms with Gasteiger partial charge in [-0.2, -0.15) is 0 Å². The van der Waals surface area contributed by atoms with E-state index in [1.807, 2.05) is 6.07 Å². The summed E-state index contributed by atoms with van der Waals surface area (Å²) in [5.74, 6) is 5.95. The molecule has 0 aliphatic rings. The molecule has 0 amide bonds. The number of nitrogens with one attached hydrogen (secondary N) is 1. The first-order valence-electron chi connectivity index (χ1n) is 8.72. The van der Waals surface area contributed by atoms with Gasteiger partial charge in [0, 0.05) is 35.1 Å². The molecular formula is C22H13Cl2N3O2S. The van der Waals surface area contributed by atoms with Crippen LogP contribution in [0.3, 0.4) is 0 Å². The van der Waals surface area contributed by atoms with Crippen molar-refractivity contribution in [2.75, 3.05) is 4.72 Å². The van der Waals surface area contributed by atoms with Crippen molar-refractivity contribution in [1.29, 1.82) is 0 Å². The molecule has 0 radical (unpaired) electrons. The van der Waals surface area contributed by atoms with Gasteiger partial charge in [-0.05, 0) is 42.5 Å². The zero-order valence-corrected chi connectivity index (χ0v) is 17.6. The van der Waals surface area contributed by atoms with Gasteiger partial charge in [-0.25, -0.2) is 8.42 Å². The fourth-order valence-electron chi connectivity index (χ4n) is 2.84. The molecule has 0 saturated carbocycles. The minimum absolute atomic E-state index is 0.0451. The van der Waals surface area contributed by atoms with Gasteiger partial charge in [-0.3, -0.25) is 14.7 Å². The van der Waals surface area contributed by atoms with Gasteiger partial charge in [0.1, 0.15) is 4.90 Å². The molecular weight excluding hydrogens is 441 g/mol. The monoisotopic (exact) mass is 453 g/mol. The highest BCUT2D eigenvalue weighted by Gasteiger charge is 2.24. The van der Waals surface area contributed by atoms with Crippen LogP contribution in [0.15, 0.2) is 78.1 Å². The predicted octanol–water partition coefficient (Wildman–Crippen LogP) is 5.14. The SMILES string of the molecule is O=S(=O)(Nc1ccccc1C#Cc1cccnc1)c1c(Cl)ccc2c(Cl)ccnc12. The second-order valence-corrected chi connectivity index (χ2v) is 8.64. The zero-order chi connectivity index (χ0) is 21.1. The van der Waals surface area contributed by atoms with Crippen molar-refractivity contribution in [3.8, 4) is 11.8 Å². The van der Waals surface area contributed by atoms with Crippen molar-refractivity contribution in [3.05, 3.63) is 94.4 Å². The Hall–Kier alpha value is -3.11. The van der Waals surface area contributed by atoms with E-state index in [2.05, 4.69) is 26.5 Å². The molecule has 2 aromatic carbocycles. The van der Waals surface area contributed by atoms with Crippen molar-refractivity contribution < 1.29 is 8.42 Å². The first-order chi connectivity index (χ1) is 14.5. The minimum Gasteiger partial charge on any atom is -0.278 e. The van der Waals surface area contributed by atoms with Crippen LogP contribution < -0.4 is 4.72 Å². The number of anilines is 1. The Labute approximate surface area is 183 Å². The number of pyridine rings is 2. The lowest BCUT2D eigenvalue weighted by Crippen LogP contribution is -2.15. The molecule has 0 spiro atoms. The summed E-state index contributed by atoms with van der Waals surface area (Å²) in [7, 11) is -4.08. The van der Waals surface area contributed by atoms with E-state index in [9.17, 15) is 8.42 Å². The second kappa shape index (κ2) is 8.33. The Balaban J connectivity index is 1.78. The number of fused-ring (bicyclic) bond motifs is 1. The maximum absolute atomic E-state index is 13.2. The van der Waals surface area contributed by atoms with E-state index in [1.54, 1.807) is 54.9 Å². The second-order valence-electron chi connectivity index (χ2n) is 6.21. The fraction of sp³-hybridized carbons (Fsp3) is 0. The van der Waals surface area contributed by atoms with E-state index in [1.165, 1.54) is 12.3 Å². The number of halogens is 2. The third kappa shape index (κ3) is 4.10. The van der Waals surface area contributed by atoms with Crippen LogP contribution >= 0.6 is 23.2 Å². The third-order valence-electron chi connectivity index (χ3n) is 4.21. The Morgan fingerprint density at radius 3 is 2.50 bits per heavy atom. The number of hydrogen-bond donors (Lipinski definition) is 1. The van der Waals surface area contributed by atoms with Crippen LogP contribution in [0.1, 0.15) is 11.1 Å². The highest BCUT2D eigenvalue weighted by Crippen LogP contribution is 2.33. The number of hydrogen-bond acceptors (Lipinski definition) is 4. The van der Waals surface area contributed by atoms with Crippen molar-refractivity contribution >= 4 is 49.8 Å². The molecule has 2 heterocycles. The van der Waals surface area contributed by atoms with E-state index in [0.29, 0.717) is 27.2 Å². The van der Waals surface area contributed by atoms with E-state index >= 15 is 0 Å². The topological polar surface area (TPSA) is 72.0 Å². The standard InChI is InChI=1S/C22H13Cl2N3O2S/c23-18-11-13-26-21-17(18)9-10-19(24)22(21)30(28,29)27-20-6-2-1-5-16(20)8-7-15-4-3-12-25-14-15/h1-6,9-14,27H. The van der Waals surface area contributed by atoms with Crippen molar-refractivity contribution in [2.24, 2.45) is 0 Å². The Morgan fingerprint density at radius 1 is 0.867 bits per heavy atom. The molecule has 2 aromatic heterocycles. The van der Waals surface area contributed by atoms with Crippen molar-refractivity contribution in [1.82, 2.24) is 9.97 Å². The largest absolute Gasteiger partial charge is 0.278 e. The molecule has 0 saturated heterocycles. The smallest absolute Gasteiger partial charge is 0.265 e. The molecule has 0 aliphatic heterocycles. The van der Waals surface area contributed by atoms with Gasteiger partial charge in [-0.1, -0.05) is 47.2 Å². The number of para-hydroxylation sites is 1. The quantitative estimate of drug-likeness (QED) is 0.436.